The summed E-state index contributed by atoms with van der Waals surface area (Å²) in [7, 11) is 0. The maximum absolute atomic E-state index is 11.6. The van der Waals surface area contributed by atoms with Crippen LogP contribution in [0.2, 0.25) is 0 Å². The van der Waals surface area contributed by atoms with E-state index in [4.69, 9.17) is 0 Å². The van der Waals surface area contributed by atoms with Crippen LogP contribution in [-0.4, -0.2) is 15.4 Å². The van der Waals surface area contributed by atoms with Gasteiger partial charge in [-0.3, -0.25) is 4.79 Å². The van der Waals surface area contributed by atoms with Crippen LogP contribution in [0.1, 0.15) is 19.3 Å². The quantitative estimate of drug-likeness (QED) is 0.629. The lowest BCUT2D eigenvalue weighted by atomic mass is 9.81. The Morgan fingerprint density at radius 1 is 1.23 bits per heavy atom. The molecule has 0 spiro atoms. The minimum absolute atomic E-state index is 0.428. The monoisotopic (exact) mass is 306 g/mol. The molecular formula is C10H12Br2O. The Hall–Kier alpha value is 0.630. The van der Waals surface area contributed by atoms with Crippen LogP contribution in [0.3, 0.4) is 0 Å². The van der Waals surface area contributed by atoms with Crippen molar-refractivity contribution in [3.63, 3.8) is 0 Å². The van der Waals surface area contributed by atoms with Gasteiger partial charge >= 0.3 is 0 Å². The van der Waals surface area contributed by atoms with Crippen molar-refractivity contribution in [2.24, 2.45) is 23.7 Å². The van der Waals surface area contributed by atoms with Crippen LogP contribution in [0.5, 0.6) is 0 Å². The zero-order chi connectivity index (χ0) is 9.16. The molecule has 0 aromatic rings. The van der Waals surface area contributed by atoms with Gasteiger partial charge in [-0.15, -0.1) is 0 Å². The summed E-state index contributed by atoms with van der Waals surface area (Å²) < 4.78 is 0. The number of ketones is 1. The summed E-state index contributed by atoms with van der Waals surface area (Å²) in [6.45, 7) is 0. The van der Waals surface area contributed by atoms with E-state index in [9.17, 15) is 4.79 Å². The molecule has 6 atom stereocenters. The predicted molar refractivity (Wildman–Crippen MR) is 58.2 cm³/mol. The fourth-order valence-corrected chi connectivity index (χ4v) is 5.55. The largest absolute Gasteiger partial charge is 0.299 e. The lowest BCUT2D eigenvalue weighted by Crippen LogP contribution is -2.27. The Balaban J connectivity index is 1.93. The Labute approximate surface area is 94.9 Å². The summed E-state index contributed by atoms with van der Waals surface area (Å²) >= 11 is 7.48. The minimum Gasteiger partial charge on any atom is -0.299 e. The van der Waals surface area contributed by atoms with E-state index in [0.717, 1.165) is 12.3 Å². The fraction of sp³-hybridized carbons (Fsp3) is 0.900. The lowest BCUT2D eigenvalue weighted by molar-refractivity contribution is -0.123. The van der Waals surface area contributed by atoms with E-state index in [1.165, 1.54) is 12.8 Å². The van der Waals surface area contributed by atoms with Crippen LogP contribution in [-0.2, 0) is 4.79 Å². The maximum atomic E-state index is 11.6. The molecule has 0 aromatic heterocycles. The highest BCUT2D eigenvalue weighted by atomic mass is 79.9. The van der Waals surface area contributed by atoms with Crippen LogP contribution in [0.25, 0.3) is 0 Å². The molecule has 3 saturated carbocycles. The number of halogens is 2. The van der Waals surface area contributed by atoms with Crippen LogP contribution >= 0.6 is 31.9 Å². The maximum Gasteiger partial charge on any atom is 0.136 e. The molecule has 3 rings (SSSR count). The van der Waals surface area contributed by atoms with Crippen molar-refractivity contribution >= 4 is 37.6 Å². The molecule has 0 heterocycles. The highest BCUT2D eigenvalue weighted by molar-refractivity contribution is 9.12. The molecule has 0 aromatic carbocycles. The van der Waals surface area contributed by atoms with Crippen molar-refractivity contribution < 1.29 is 4.79 Å². The fourth-order valence-electron chi connectivity index (χ4n) is 3.72. The summed E-state index contributed by atoms with van der Waals surface area (Å²) in [5.74, 6) is 3.16. The van der Waals surface area contributed by atoms with Crippen molar-refractivity contribution in [2.75, 3.05) is 0 Å². The first-order chi connectivity index (χ1) is 6.18. The minimum atomic E-state index is 0.428. The van der Waals surface area contributed by atoms with Gasteiger partial charge in [-0.1, -0.05) is 31.9 Å². The molecule has 0 aliphatic heterocycles. The second kappa shape index (κ2) is 2.82. The number of alkyl halides is 2. The number of hydrogen-bond donors (Lipinski definition) is 0. The average molecular weight is 308 g/mol. The van der Waals surface area contributed by atoms with Crippen molar-refractivity contribution in [2.45, 2.75) is 28.9 Å². The molecule has 3 fully saturated rings. The number of carbonyl (C=O) groups is 1. The normalized spacial score (nSPS) is 58.8. The molecule has 3 aliphatic rings. The van der Waals surface area contributed by atoms with Gasteiger partial charge in [0.05, 0.1) is 0 Å². The van der Waals surface area contributed by atoms with E-state index in [1.807, 2.05) is 0 Å². The smallest absolute Gasteiger partial charge is 0.136 e. The van der Waals surface area contributed by atoms with E-state index in [-0.39, 0.29) is 0 Å². The summed E-state index contributed by atoms with van der Waals surface area (Å²) in [6.07, 6.45) is 3.26. The topological polar surface area (TPSA) is 17.1 Å². The summed E-state index contributed by atoms with van der Waals surface area (Å²) in [4.78, 5) is 12.8. The van der Waals surface area contributed by atoms with E-state index in [2.05, 4.69) is 31.9 Å². The zero-order valence-corrected chi connectivity index (χ0v) is 10.4. The molecule has 3 aliphatic carbocycles. The first-order valence-electron chi connectivity index (χ1n) is 4.99. The van der Waals surface area contributed by atoms with Gasteiger partial charge in [-0.05, 0) is 30.6 Å². The van der Waals surface area contributed by atoms with Crippen LogP contribution < -0.4 is 0 Å². The first-order valence-corrected chi connectivity index (χ1v) is 6.82. The predicted octanol–water partition coefficient (Wildman–Crippen LogP) is 2.76. The van der Waals surface area contributed by atoms with Crippen molar-refractivity contribution in [1.29, 1.82) is 0 Å². The number of carbonyl (C=O) groups excluding carboxylic acids is 1. The van der Waals surface area contributed by atoms with Crippen molar-refractivity contribution in [1.82, 2.24) is 0 Å². The lowest BCUT2D eigenvalue weighted by Gasteiger charge is -2.25. The number of hydrogen-bond acceptors (Lipinski definition) is 1. The van der Waals surface area contributed by atoms with Gasteiger partial charge < -0.3 is 0 Å². The molecule has 0 N–H and O–H groups in total. The Morgan fingerprint density at radius 3 is 2.77 bits per heavy atom. The molecule has 2 bridgehead atoms. The van der Waals surface area contributed by atoms with E-state index >= 15 is 0 Å². The van der Waals surface area contributed by atoms with Crippen LogP contribution in [0.15, 0.2) is 0 Å². The molecule has 0 amide bonds. The van der Waals surface area contributed by atoms with Crippen LogP contribution in [0.4, 0.5) is 0 Å². The molecule has 0 unspecified atom stereocenters. The zero-order valence-electron chi connectivity index (χ0n) is 7.25. The number of rotatable bonds is 0. The Kier molecular flexibility index (Phi) is 1.93. The summed E-state index contributed by atoms with van der Waals surface area (Å²) in [5, 5.41) is 0. The SMILES string of the molecule is O=C1C[C@H]2C[C@H]1[C@H]1C[C@@H](Br)[C@@H](Br)[C@H]21. The van der Waals surface area contributed by atoms with Gasteiger partial charge in [-0.2, -0.15) is 0 Å². The van der Waals surface area contributed by atoms with E-state index in [1.54, 1.807) is 0 Å². The van der Waals surface area contributed by atoms with Gasteiger partial charge in [-0.25, -0.2) is 0 Å². The van der Waals surface area contributed by atoms with E-state index in [0.29, 0.717) is 33.2 Å². The second-order valence-corrected chi connectivity index (χ2v) is 6.94. The highest BCUT2D eigenvalue weighted by Gasteiger charge is 2.58. The van der Waals surface area contributed by atoms with Gasteiger partial charge in [0.1, 0.15) is 5.78 Å². The molecule has 72 valence electrons. The second-order valence-electron chi connectivity index (χ2n) is 4.71. The standard InChI is InChI=1S/C10H12Br2O/c11-7-3-6-5-1-4(2-8(5)13)9(6)10(7)12/h4-7,9-10H,1-3H2/t4-,5+,6-,7-,9-,10-/m1/s1. The third-order valence-electron chi connectivity index (χ3n) is 4.20. The summed E-state index contributed by atoms with van der Waals surface area (Å²) in [5.41, 5.74) is 0. The van der Waals surface area contributed by atoms with Crippen molar-refractivity contribution in [3.8, 4) is 0 Å². The van der Waals surface area contributed by atoms with Crippen molar-refractivity contribution in [3.05, 3.63) is 0 Å². The summed E-state index contributed by atoms with van der Waals surface area (Å²) in [6, 6.07) is 0. The third kappa shape index (κ3) is 1.06. The van der Waals surface area contributed by atoms with Gasteiger partial charge in [0.15, 0.2) is 0 Å². The Bertz CT molecular complexity index is 266. The number of Topliss-reactive ketones (excluding diaryl/α,β-unsaturated/α-hetero) is 1. The molecule has 0 radical (unpaired) electrons. The van der Waals surface area contributed by atoms with Crippen LogP contribution in [0, 0.1) is 23.7 Å². The first kappa shape index (κ1) is 8.90. The number of fused-ring (bicyclic) bond motifs is 5. The molecule has 13 heavy (non-hydrogen) atoms. The molecular weight excluding hydrogens is 296 g/mol. The molecule has 0 saturated heterocycles. The molecule has 3 heteroatoms. The molecule has 1 nitrogen and oxygen atoms in total. The highest BCUT2D eigenvalue weighted by Crippen LogP contribution is 2.60. The van der Waals surface area contributed by atoms with Gasteiger partial charge in [0, 0.05) is 22.0 Å². The van der Waals surface area contributed by atoms with Gasteiger partial charge in [0.25, 0.3) is 0 Å². The Morgan fingerprint density at radius 2 is 2.00 bits per heavy atom. The van der Waals surface area contributed by atoms with E-state index < -0.39 is 0 Å². The third-order valence-corrected chi connectivity index (χ3v) is 7.10. The average Bonchev–Trinajstić information content (AvgIpc) is 2.65. The van der Waals surface area contributed by atoms with Gasteiger partial charge in [0.2, 0.25) is 0 Å².